The quantitative estimate of drug-likeness (QED) is 0.848. The minimum atomic E-state index is -4.59. The summed E-state index contributed by atoms with van der Waals surface area (Å²) in [7, 11) is 1.60. The average Bonchev–Trinajstić information content (AvgIpc) is 2.41. The summed E-state index contributed by atoms with van der Waals surface area (Å²) in [6.45, 7) is 2.19. The van der Waals surface area contributed by atoms with Gasteiger partial charge in [-0.15, -0.1) is 0 Å². The molecule has 1 aliphatic rings. The van der Waals surface area contributed by atoms with Crippen LogP contribution in [0.3, 0.4) is 0 Å². The lowest BCUT2D eigenvalue weighted by molar-refractivity contribution is -0.257. The predicted octanol–water partition coefficient (Wildman–Crippen LogP) is 2.05. The van der Waals surface area contributed by atoms with E-state index in [-0.39, 0.29) is 12.5 Å². The highest BCUT2D eigenvalue weighted by Crippen LogP contribution is 2.31. The maximum atomic E-state index is 12.6. The summed E-state index contributed by atoms with van der Waals surface area (Å²) < 4.78 is 43.0. The van der Waals surface area contributed by atoms with Crippen molar-refractivity contribution >= 4 is 0 Å². The number of hydrogen-bond donors (Lipinski definition) is 1. The van der Waals surface area contributed by atoms with Crippen LogP contribution in [0.2, 0.25) is 0 Å². The number of β-amino-alcohol motifs (C(OH)–C–C–N with tert-alkyl or cyclic N) is 1. The first-order valence-electron chi connectivity index (χ1n) is 6.26. The molecule has 1 aliphatic heterocycles. The topological polar surface area (TPSA) is 32.7 Å². The van der Waals surface area contributed by atoms with Crippen molar-refractivity contribution in [2.45, 2.75) is 38.0 Å². The van der Waals surface area contributed by atoms with Crippen molar-refractivity contribution in [1.82, 2.24) is 4.90 Å². The second-order valence-electron chi connectivity index (χ2n) is 5.32. The third-order valence-electron chi connectivity index (χ3n) is 3.40. The Labute approximate surface area is 106 Å². The van der Waals surface area contributed by atoms with Gasteiger partial charge in [0.15, 0.2) is 5.60 Å². The van der Waals surface area contributed by atoms with Crippen molar-refractivity contribution in [3.8, 4) is 0 Å². The van der Waals surface area contributed by atoms with E-state index in [2.05, 4.69) is 0 Å². The van der Waals surface area contributed by atoms with Crippen molar-refractivity contribution < 1.29 is 23.0 Å². The Balaban J connectivity index is 2.59. The Morgan fingerprint density at radius 2 is 2.00 bits per heavy atom. The second-order valence-corrected chi connectivity index (χ2v) is 5.32. The number of ether oxygens (including phenoxy) is 1. The Morgan fingerprint density at radius 3 is 2.56 bits per heavy atom. The molecular weight excluding hydrogens is 247 g/mol. The van der Waals surface area contributed by atoms with E-state index in [4.69, 9.17) is 4.74 Å². The average molecular weight is 269 g/mol. The normalized spacial score (nSPS) is 26.7. The van der Waals surface area contributed by atoms with Gasteiger partial charge in [0.2, 0.25) is 0 Å². The Kier molecular flexibility index (Phi) is 5.43. The van der Waals surface area contributed by atoms with Gasteiger partial charge in [-0.1, -0.05) is 6.42 Å². The molecule has 0 bridgehead atoms. The Hall–Kier alpha value is -0.330. The zero-order valence-electron chi connectivity index (χ0n) is 11.0. The molecule has 1 heterocycles. The van der Waals surface area contributed by atoms with Gasteiger partial charge in [-0.25, -0.2) is 0 Å². The highest BCUT2D eigenvalue weighted by Gasteiger charge is 2.50. The number of nitrogens with zero attached hydrogens (tertiary/aromatic N) is 1. The first kappa shape index (κ1) is 15.7. The molecule has 0 unspecified atom stereocenters. The van der Waals surface area contributed by atoms with E-state index in [1.54, 1.807) is 12.0 Å². The van der Waals surface area contributed by atoms with Gasteiger partial charge in [0.25, 0.3) is 0 Å². The molecule has 0 aromatic carbocycles. The van der Waals surface area contributed by atoms with E-state index in [0.717, 1.165) is 26.2 Å². The minimum absolute atomic E-state index is 0.251. The van der Waals surface area contributed by atoms with Gasteiger partial charge in [-0.3, -0.25) is 4.90 Å². The monoisotopic (exact) mass is 269 g/mol. The van der Waals surface area contributed by atoms with E-state index in [9.17, 15) is 18.3 Å². The zero-order chi connectivity index (χ0) is 13.8. The summed E-state index contributed by atoms with van der Waals surface area (Å²) in [5.41, 5.74) is -2.64. The van der Waals surface area contributed by atoms with Gasteiger partial charge in [0.05, 0.1) is 6.61 Å². The molecule has 0 aliphatic carbocycles. The smallest absolute Gasteiger partial charge is 0.384 e. The third kappa shape index (κ3) is 4.40. The standard InChI is InChI=1S/C12H22F3NO2/c1-11(17,12(13,14)15)9-16-6-4-3-5-10(7-16)8-18-2/h10,17H,3-9H2,1-2H3/t10-,11-/m1/s1. The number of hydrogen-bond acceptors (Lipinski definition) is 3. The molecule has 1 rings (SSSR count). The SMILES string of the molecule is COC[C@@H]1CCCCN(C[C@@](C)(O)C(F)(F)F)C1. The molecule has 18 heavy (non-hydrogen) atoms. The fraction of sp³-hybridized carbons (Fsp3) is 1.00. The molecule has 6 heteroatoms. The number of likely N-dealkylation sites (tertiary alicyclic amines) is 1. The molecule has 1 saturated heterocycles. The third-order valence-corrected chi connectivity index (χ3v) is 3.40. The molecule has 0 spiro atoms. The first-order chi connectivity index (χ1) is 8.26. The number of rotatable bonds is 4. The Bertz CT molecular complexity index is 256. The molecule has 108 valence electrons. The second kappa shape index (κ2) is 6.21. The summed E-state index contributed by atoms with van der Waals surface area (Å²) in [4.78, 5) is 1.70. The van der Waals surface area contributed by atoms with Crippen molar-refractivity contribution in [3.63, 3.8) is 0 Å². The van der Waals surface area contributed by atoms with E-state index in [1.807, 2.05) is 0 Å². The molecule has 2 atom stereocenters. The van der Waals surface area contributed by atoms with Gasteiger partial charge >= 0.3 is 6.18 Å². The number of aliphatic hydroxyl groups is 1. The van der Waals surface area contributed by atoms with E-state index in [0.29, 0.717) is 19.7 Å². The lowest BCUT2D eigenvalue weighted by atomic mass is 10.0. The van der Waals surface area contributed by atoms with Gasteiger partial charge < -0.3 is 9.84 Å². The lowest BCUT2D eigenvalue weighted by Crippen LogP contribution is -2.52. The van der Waals surface area contributed by atoms with Crippen LogP contribution in [0.1, 0.15) is 26.2 Å². The largest absolute Gasteiger partial charge is 0.418 e. The van der Waals surface area contributed by atoms with Crippen LogP contribution < -0.4 is 0 Å². The summed E-state index contributed by atoms with van der Waals surface area (Å²) in [6.07, 6.45) is -1.75. The fourth-order valence-electron chi connectivity index (χ4n) is 2.36. The summed E-state index contributed by atoms with van der Waals surface area (Å²) >= 11 is 0. The van der Waals surface area contributed by atoms with Crippen molar-refractivity contribution in [3.05, 3.63) is 0 Å². The van der Waals surface area contributed by atoms with Crippen LogP contribution in [-0.4, -0.2) is 55.1 Å². The maximum Gasteiger partial charge on any atom is 0.418 e. The van der Waals surface area contributed by atoms with Gasteiger partial charge in [-0.2, -0.15) is 13.2 Å². The summed E-state index contributed by atoms with van der Waals surface area (Å²) in [5.74, 6) is 0.251. The van der Waals surface area contributed by atoms with Crippen LogP contribution in [-0.2, 0) is 4.74 Å². The Morgan fingerprint density at radius 1 is 1.33 bits per heavy atom. The van der Waals surface area contributed by atoms with Crippen LogP contribution in [0.15, 0.2) is 0 Å². The van der Waals surface area contributed by atoms with E-state index >= 15 is 0 Å². The molecule has 0 aromatic heterocycles. The predicted molar refractivity (Wildman–Crippen MR) is 62.3 cm³/mol. The molecule has 0 radical (unpaired) electrons. The number of halogens is 3. The first-order valence-corrected chi connectivity index (χ1v) is 6.26. The molecule has 1 fully saturated rings. The van der Waals surface area contributed by atoms with Crippen LogP contribution in [0.5, 0.6) is 0 Å². The van der Waals surface area contributed by atoms with Crippen molar-refractivity contribution in [2.75, 3.05) is 33.4 Å². The number of methoxy groups -OCH3 is 1. The van der Waals surface area contributed by atoms with Crippen LogP contribution in [0.25, 0.3) is 0 Å². The molecule has 0 aromatic rings. The molecule has 0 amide bonds. The molecule has 0 saturated carbocycles. The van der Waals surface area contributed by atoms with Crippen LogP contribution in [0, 0.1) is 5.92 Å². The highest BCUT2D eigenvalue weighted by molar-refractivity contribution is 4.86. The van der Waals surface area contributed by atoms with Gasteiger partial charge in [-0.05, 0) is 32.2 Å². The maximum absolute atomic E-state index is 12.6. The zero-order valence-corrected chi connectivity index (χ0v) is 11.0. The van der Waals surface area contributed by atoms with E-state index in [1.165, 1.54) is 0 Å². The molecular formula is C12H22F3NO2. The van der Waals surface area contributed by atoms with Gasteiger partial charge in [0.1, 0.15) is 0 Å². The summed E-state index contributed by atoms with van der Waals surface area (Å²) in [6, 6.07) is 0. The highest BCUT2D eigenvalue weighted by atomic mass is 19.4. The van der Waals surface area contributed by atoms with Crippen LogP contribution >= 0.6 is 0 Å². The van der Waals surface area contributed by atoms with Crippen molar-refractivity contribution in [1.29, 1.82) is 0 Å². The van der Waals surface area contributed by atoms with Crippen molar-refractivity contribution in [2.24, 2.45) is 5.92 Å². The lowest BCUT2D eigenvalue weighted by Gasteiger charge is -2.33. The molecule has 3 nitrogen and oxygen atoms in total. The minimum Gasteiger partial charge on any atom is -0.384 e. The van der Waals surface area contributed by atoms with Crippen LogP contribution in [0.4, 0.5) is 13.2 Å². The molecule has 1 N–H and O–H groups in total. The van der Waals surface area contributed by atoms with E-state index < -0.39 is 11.8 Å². The number of alkyl halides is 3. The fourth-order valence-corrected chi connectivity index (χ4v) is 2.36. The van der Waals surface area contributed by atoms with Gasteiger partial charge in [0, 0.05) is 20.2 Å². The summed E-state index contributed by atoms with van der Waals surface area (Å²) in [5, 5.41) is 9.51.